The van der Waals surface area contributed by atoms with Crippen LogP contribution in [0.15, 0.2) is 0 Å². The van der Waals surface area contributed by atoms with E-state index in [0.717, 1.165) is 6.42 Å². The summed E-state index contributed by atoms with van der Waals surface area (Å²) in [5, 5.41) is 8.80. The summed E-state index contributed by atoms with van der Waals surface area (Å²) in [5.74, 6) is -1.43. The van der Waals surface area contributed by atoms with Crippen molar-refractivity contribution < 1.29 is 19.4 Å². The standard InChI is InChI=1S/C13H25NO4S/c1-5-18-8-6-7-14(9-10(2)13(16)17)12(15)11(3)19-4/h10-11H,5-9H2,1-4H3,(H,16,17). The lowest BCUT2D eigenvalue weighted by Crippen LogP contribution is -2.41. The molecule has 0 aromatic heterocycles. The molecule has 0 saturated heterocycles. The fraction of sp³-hybridized carbons (Fsp3) is 0.846. The van der Waals surface area contributed by atoms with Crippen LogP contribution in [0.1, 0.15) is 27.2 Å². The molecule has 0 radical (unpaired) electrons. The molecule has 19 heavy (non-hydrogen) atoms. The summed E-state index contributed by atoms with van der Waals surface area (Å²) in [6.07, 6.45) is 2.61. The van der Waals surface area contributed by atoms with Crippen LogP contribution in [-0.2, 0) is 14.3 Å². The fourth-order valence-electron chi connectivity index (χ4n) is 1.56. The first kappa shape index (κ1) is 18.2. The average Bonchev–Trinajstić information content (AvgIpc) is 2.40. The van der Waals surface area contributed by atoms with Gasteiger partial charge in [0.1, 0.15) is 0 Å². The first-order valence-corrected chi connectivity index (χ1v) is 7.84. The normalized spacial score (nSPS) is 13.9. The van der Waals surface area contributed by atoms with Crippen LogP contribution in [-0.4, -0.2) is 59.7 Å². The second-order valence-corrected chi connectivity index (χ2v) is 5.63. The summed E-state index contributed by atoms with van der Waals surface area (Å²) >= 11 is 1.47. The second-order valence-electron chi connectivity index (χ2n) is 4.45. The molecule has 0 spiro atoms. The van der Waals surface area contributed by atoms with Crippen molar-refractivity contribution in [1.29, 1.82) is 0 Å². The van der Waals surface area contributed by atoms with Crippen molar-refractivity contribution in [2.75, 3.05) is 32.6 Å². The third-order valence-electron chi connectivity index (χ3n) is 2.85. The van der Waals surface area contributed by atoms with Gasteiger partial charge < -0.3 is 14.7 Å². The Bertz CT molecular complexity index is 286. The molecule has 2 atom stereocenters. The fourth-order valence-corrected chi connectivity index (χ4v) is 1.91. The molecule has 1 N–H and O–H groups in total. The van der Waals surface area contributed by atoms with E-state index in [0.29, 0.717) is 19.8 Å². The summed E-state index contributed by atoms with van der Waals surface area (Å²) < 4.78 is 5.24. The maximum atomic E-state index is 12.2. The molecule has 5 nitrogen and oxygen atoms in total. The van der Waals surface area contributed by atoms with Gasteiger partial charge >= 0.3 is 5.97 Å². The Morgan fingerprint density at radius 2 is 2.00 bits per heavy atom. The van der Waals surface area contributed by atoms with Crippen molar-refractivity contribution in [1.82, 2.24) is 4.90 Å². The van der Waals surface area contributed by atoms with Gasteiger partial charge in [0.25, 0.3) is 0 Å². The predicted octanol–water partition coefficient (Wildman–Crippen LogP) is 1.71. The van der Waals surface area contributed by atoms with Gasteiger partial charge in [-0.3, -0.25) is 9.59 Å². The number of ether oxygens (including phenoxy) is 1. The first-order chi connectivity index (χ1) is 8.93. The number of nitrogens with zero attached hydrogens (tertiary/aromatic N) is 1. The molecule has 0 rings (SSSR count). The zero-order chi connectivity index (χ0) is 14.8. The van der Waals surface area contributed by atoms with Crippen LogP contribution in [0.25, 0.3) is 0 Å². The molecular weight excluding hydrogens is 266 g/mol. The Morgan fingerprint density at radius 3 is 2.47 bits per heavy atom. The Balaban J connectivity index is 4.45. The van der Waals surface area contributed by atoms with Crippen LogP contribution in [0.2, 0.25) is 0 Å². The van der Waals surface area contributed by atoms with E-state index in [1.54, 1.807) is 11.8 Å². The molecule has 0 heterocycles. The highest BCUT2D eigenvalue weighted by molar-refractivity contribution is 7.99. The van der Waals surface area contributed by atoms with E-state index in [1.165, 1.54) is 11.8 Å². The van der Waals surface area contributed by atoms with Crippen LogP contribution < -0.4 is 0 Å². The summed E-state index contributed by atoms with van der Waals surface area (Å²) in [6.45, 7) is 7.43. The minimum Gasteiger partial charge on any atom is -0.481 e. The summed E-state index contributed by atoms with van der Waals surface area (Å²) in [6, 6.07) is 0. The third kappa shape index (κ3) is 7.42. The lowest BCUT2D eigenvalue weighted by molar-refractivity contribution is -0.143. The molecule has 0 aliphatic carbocycles. The van der Waals surface area contributed by atoms with Crippen LogP contribution in [0.4, 0.5) is 0 Å². The molecule has 6 heteroatoms. The highest BCUT2D eigenvalue weighted by Gasteiger charge is 2.23. The molecule has 0 aromatic carbocycles. The van der Waals surface area contributed by atoms with Crippen LogP contribution in [0.3, 0.4) is 0 Å². The molecule has 0 saturated carbocycles. The van der Waals surface area contributed by atoms with Crippen molar-refractivity contribution in [3.05, 3.63) is 0 Å². The lowest BCUT2D eigenvalue weighted by Gasteiger charge is -2.26. The van der Waals surface area contributed by atoms with E-state index in [9.17, 15) is 9.59 Å². The number of carboxylic acid groups (broad SMARTS) is 1. The average molecular weight is 291 g/mol. The van der Waals surface area contributed by atoms with E-state index in [-0.39, 0.29) is 17.7 Å². The van der Waals surface area contributed by atoms with Gasteiger partial charge in [-0.05, 0) is 26.5 Å². The van der Waals surface area contributed by atoms with Crippen LogP contribution >= 0.6 is 11.8 Å². The van der Waals surface area contributed by atoms with Crippen molar-refractivity contribution in [3.63, 3.8) is 0 Å². The first-order valence-electron chi connectivity index (χ1n) is 6.56. The number of thioether (sulfide) groups is 1. The number of hydrogen-bond donors (Lipinski definition) is 1. The highest BCUT2D eigenvalue weighted by Crippen LogP contribution is 2.12. The molecule has 1 amide bonds. The van der Waals surface area contributed by atoms with Gasteiger partial charge in [-0.15, -0.1) is 0 Å². The molecular formula is C13H25NO4S. The number of carbonyl (C=O) groups excluding carboxylic acids is 1. The molecule has 0 aliphatic rings. The molecule has 2 unspecified atom stereocenters. The summed E-state index contributed by atoms with van der Waals surface area (Å²) in [7, 11) is 0. The molecule has 0 fully saturated rings. The van der Waals surface area contributed by atoms with Crippen molar-refractivity contribution in [3.8, 4) is 0 Å². The zero-order valence-corrected chi connectivity index (χ0v) is 13.0. The van der Waals surface area contributed by atoms with E-state index in [1.807, 2.05) is 20.1 Å². The topological polar surface area (TPSA) is 66.8 Å². The zero-order valence-electron chi connectivity index (χ0n) is 12.2. The van der Waals surface area contributed by atoms with Gasteiger partial charge in [-0.2, -0.15) is 11.8 Å². The predicted molar refractivity (Wildman–Crippen MR) is 77.5 cm³/mol. The maximum absolute atomic E-state index is 12.2. The van der Waals surface area contributed by atoms with Crippen molar-refractivity contribution in [2.45, 2.75) is 32.4 Å². The largest absolute Gasteiger partial charge is 0.481 e. The molecule has 0 aromatic rings. The minimum atomic E-state index is -0.876. The monoisotopic (exact) mass is 291 g/mol. The third-order valence-corrected chi connectivity index (χ3v) is 3.76. The van der Waals surface area contributed by atoms with E-state index in [2.05, 4.69) is 0 Å². The lowest BCUT2D eigenvalue weighted by atomic mass is 10.1. The molecule has 112 valence electrons. The van der Waals surface area contributed by atoms with E-state index >= 15 is 0 Å². The van der Waals surface area contributed by atoms with Crippen molar-refractivity contribution >= 4 is 23.6 Å². The Morgan fingerprint density at radius 1 is 1.37 bits per heavy atom. The number of amides is 1. The summed E-state index contributed by atoms with van der Waals surface area (Å²) in [4.78, 5) is 24.7. The Kier molecular flexibility index (Phi) is 9.69. The summed E-state index contributed by atoms with van der Waals surface area (Å²) in [5.41, 5.74) is 0. The van der Waals surface area contributed by atoms with Crippen LogP contribution in [0, 0.1) is 5.92 Å². The van der Waals surface area contributed by atoms with E-state index < -0.39 is 11.9 Å². The number of hydrogen-bond acceptors (Lipinski definition) is 4. The Hall–Kier alpha value is -0.750. The number of carboxylic acids is 1. The number of aliphatic carboxylic acids is 1. The number of carbonyl (C=O) groups is 2. The Labute approximate surface area is 119 Å². The van der Waals surface area contributed by atoms with Gasteiger partial charge in [-0.25, -0.2) is 0 Å². The van der Waals surface area contributed by atoms with Crippen LogP contribution in [0.5, 0.6) is 0 Å². The molecule has 0 aliphatic heterocycles. The van der Waals surface area contributed by atoms with Crippen molar-refractivity contribution in [2.24, 2.45) is 5.92 Å². The van der Waals surface area contributed by atoms with Gasteiger partial charge in [-0.1, -0.05) is 6.92 Å². The minimum absolute atomic E-state index is 0.00269. The van der Waals surface area contributed by atoms with Gasteiger partial charge in [0.2, 0.25) is 5.91 Å². The van der Waals surface area contributed by atoms with Gasteiger partial charge in [0, 0.05) is 26.3 Å². The van der Waals surface area contributed by atoms with E-state index in [4.69, 9.17) is 9.84 Å². The van der Waals surface area contributed by atoms with Gasteiger partial charge in [0.15, 0.2) is 0 Å². The number of rotatable bonds is 10. The maximum Gasteiger partial charge on any atom is 0.308 e. The highest BCUT2D eigenvalue weighted by atomic mass is 32.2. The SMILES string of the molecule is CCOCCCN(CC(C)C(=O)O)C(=O)C(C)SC. The molecule has 0 bridgehead atoms. The quantitative estimate of drug-likeness (QED) is 0.621. The smallest absolute Gasteiger partial charge is 0.308 e. The second kappa shape index (κ2) is 10.1. The van der Waals surface area contributed by atoms with Gasteiger partial charge in [0.05, 0.1) is 11.2 Å².